The summed E-state index contributed by atoms with van der Waals surface area (Å²) < 4.78 is 0. The van der Waals surface area contributed by atoms with E-state index in [9.17, 15) is 19.7 Å². The van der Waals surface area contributed by atoms with Crippen molar-refractivity contribution >= 4 is 23.6 Å². The predicted molar refractivity (Wildman–Crippen MR) is 67.2 cm³/mol. The summed E-state index contributed by atoms with van der Waals surface area (Å²) in [4.78, 5) is 35.2. The fourth-order valence-electron chi connectivity index (χ4n) is 1.54. The number of aromatic nitrogens is 1. The SMILES string of the molecule is O=Cc1c[nH]c(C(=O)Nc2ccccc2[N+](=O)[O-])c1. The summed E-state index contributed by atoms with van der Waals surface area (Å²) in [5.74, 6) is -0.553. The van der Waals surface area contributed by atoms with E-state index < -0.39 is 10.8 Å². The van der Waals surface area contributed by atoms with Crippen molar-refractivity contribution in [2.75, 3.05) is 5.32 Å². The Bertz CT molecular complexity index is 648. The highest BCUT2D eigenvalue weighted by Gasteiger charge is 2.16. The molecule has 0 bridgehead atoms. The summed E-state index contributed by atoms with van der Waals surface area (Å²) in [5.41, 5.74) is 0.380. The summed E-state index contributed by atoms with van der Waals surface area (Å²) in [7, 11) is 0. The molecule has 1 amide bonds. The number of carbonyl (C=O) groups is 2. The van der Waals surface area contributed by atoms with Crippen LogP contribution >= 0.6 is 0 Å². The molecule has 0 radical (unpaired) electrons. The first-order chi connectivity index (χ1) is 9.11. The summed E-state index contributed by atoms with van der Waals surface area (Å²) in [6.45, 7) is 0. The number of aromatic amines is 1. The van der Waals surface area contributed by atoms with E-state index in [1.165, 1.54) is 30.5 Å². The van der Waals surface area contributed by atoms with E-state index in [0.717, 1.165) is 0 Å². The van der Waals surface area contributed by atoms with Crippen LogP contribution in [0.15, 0.2) is 36.5 Å². The fraction of sp³-hybridized carbons (Fsp3) is 0. The zero-order valence-corrected chi connectivity index (χ0v) is 9.62. The van der Waals surface area contributed by atoms with Gasteiger partial charge in [0.05, 0.1) is 4.92 Å². The van der Waals surface area contributed by atoms with Gasteiger partial charge in [-0.3, -0.25) is 19.7 Å². The van der Waals surface area contributed by atoms with Crippen LogP contribution in [-0.4, -0.2) is 22.1 Å². The van der Waals surface area contributed by atoms with Gasteiger partial charge >= 0.3 is 0 Å². The molecule has 7 nitrogen and oxygen atoms in total. The average Bonchev–Trinajstić information content (AvgIpc) is 2.88. The van der Waals surface area contributed by atoms with Gasteiger partial charge in [0.2, 0.25) is 0 Å². The number of nitrogens with zero attached hydrogens (tertiary/aromatic N) is 1. The van der Waals surface area contributed by atoms with Crippen LogP contribution in [0.4, 0.5) is 11.4 Å². The van der Waals surface area contributed by atoms with Crippen LogP contribution in [0.25, 0.3) is 0 Å². The van der Waals surface area contributed by atoms with Crippen molar-refractivity contribution in [3.8, 4) is 0 Å². The first kappa shape index (κ1) is 12.5. The molecule has 7 heteroatoms. The van der Waals surface area contributed by atoms with E-state index in [1.807, 2.05) is 0 Å². The molecule has 2 rings (SSSR count). The van der Waals surface area contributed by atoms with Crippen molar-refractivity contribution in [3.63, 3.8) is 0 Å². The lowest BCUT2D eigenvalue weighted by Crippen LogP contribution is -2.13. The molecule has 1 aromatic carbocycles. The topological polar surface area (TPSA) is 105 Å². The first-order valence-corrected chi connectivity index (χ1v) is 5.30. The van der Waals surface area contributed by atoms with Crippen molar-refractivity contribution in [1.29, 1.82) is 0 Å². The highest BCUT2D eigenvalue weighted by atomic mass is 16.6. The second-order valence-electron chi connectivity index (χ2n) is 3.69. The maximum absolute atomic E-state index is 11.8. The van der Waals surface area contributed by atoms with E-state index in [1.54, 1.807) is 6.07 Å². The van der Waals surface area contributed by atoms with Gasteiger partial charge in [-0.05, 0) is 12.1 Å². The number of hydrogen-bond acceptors (Lipinski definition) is 4. The van der Waals surface area contributed by atoms with E-state index >= 15 is 0 Å². The quantitative estimate of drug-likeness (QED) is 0.497. The third-order valence-electron chi connectivity index (χ3n) is 2.43. The van der Waals surface area contributed by atoms with E-state index in [-0.39, 0.29) is 17.1 Å². The lowest BCUT2D eigenvalue weighted by Gasteiger charge is -2.04. The summed E-state index contributed by atoms with van der Waals surface area (Å²) in [6.07, 6.45) is 1.97. The number of carbonyl (C=O) groups excluding carboxylic acids is 2. The van der Waals surface area contributed by atoms with Crippen molar-refractivity contribution in [1.82, 2.24) is 4.98 Å². The van der Waals surface area contributed by atoms with Crippen LogP contribution < -0.4 is 5.32 Å². The van der Waals surface area contributed by atoms with Crippen molar-refractivity contribution in [3.05, 3.63) is 57.9 Å². The zero-order chi connectivity index (χ0) is 13.8. The van der Waals surface area contributed by atoms with E-state index in [2.05, 4.69) is 10.3 Å². The zero-order valence-electron chi connectivity index (χ0n) is 9.62. The Hall–Kier alpha value is -2.96. The predicted octanol–water partition coefficient (Wildman–Crippen LogP) is 1.99. The van der Waals surface area contributed by atoms with Crippen molar-refractivity contribution < 1.29 is 14.5 Å². The summed E-state index contributed by atoms with van der Waals surface area (Å²) in [6, 6.07) is 7.17. The smallest absolute Gasteiger partial charge is 0.292 e. The highest BCUT2D eigenvalue weighted by Crippen LogP contribution is 2.23. The summed E-state index contributed by atoms with van der Waals surface area (Å²) >= 11 is 0. The largest absolute Gasteiger partial charge is 0.356 e. The standard InChI is InChI=1S/C12H9N3O4/c16-7-8-5-10(13-6-8)12(17)14-9-3-1-2-4-11(9)15(18)19/h1-7,13H,(H,14,17). The Morgan fingerprint density at radius 2 is 2.11 bits per heavy atom. The molecule has 0 fully saturated rings. The maximum Gasteiger partial charge on any atom is 0.292 e. The lowest BCUT2D eigenvalue weighted by molar-refractivity contribution is -0.383. The molecule has 0 atom stereocenters. The average molecular weight is 259 g/mol. The second-order valence-corrected chi connectivity index (χ2v) is 3.69. The van der Waals surface area contributed by atoms with Gasteiger partial charge in [-0.2, -0.15) is 0 Å². The number of benzene rings is 1. The molecule has 0 saturated carbocycles. The van der Waals surface area contributed by atoms with Gasteiger partial charge < -0.3 is 10.3 Å². The normalized spacial score (nSPS) is 9.89. The monoisotopic (exact) mass is 259 g/mol. The second kappa shape index (κ2) is 5.13. The third kappa shape index (κ3) is 2.65. The molecular formula is C12H9N3O4. The number of aldehydes is 1. The van der Waals surface area contributed by atoms with Crippen LogP contribution in [0.5, 0.6) is 0 Å². The minimum absolute atomic E-state index is 0.0970. The van der Waals surface area contributed by atoms with E-state index in [4.69, 9.17) is 0 Å². The van der Waals surface area contributed by atoms with Gasteiger partial charge in [0.1, 0.15) is 11.4 Å². The molecule has 0 aliphatic rings. The molecule has 19 heavy (non-hydrogen) atoms. The van der Waals surface area contributed by atoms with Crippen LogP contribution in [0.1, 0.15) is 20.8 Å². The van der Waals surface area contributed by atoms with Gasteiger partial charge in [0.25, 0.3) is 11.6 Å². The van der Waals surface area contributed by atoms with Gasteiger partial charge in [-0.1, -0.05) is 12.1 Å². The molecule has 2 aromatic rings. The minimum Gasteiger partial charge on any atom is -0.356 e. The molecule has 0 aliphatic carbocycles. The number of nitro benzene ring substituents is 1. The first-order valence-electron chi connectivity index (χ1n) is 5.30. The Balaban J connectivity index is 2.24. The molecular weight excluding hydrogens is 250 g/mol. The Kier molecular flexibility index (Phi) is 3.37. The highest BCUT2D eigenvalue weighted by molar-refractivity contribution is 6.04. The van der Waals surface area contributed by atoms with E-state index in [0.29, 0.717) is 11.8 Å². The fourth-order valence-corrected chi connectivity index (χ4v) is 1.54. The van der Waals surface area contributed by atoms with Crippen LogP contribution in [0.3, 0.4) is 0 Å². The van der Waals surface area contributed by atoms with Crippen LogP contribution in [0, 0.1) is 10.1 Å². The van der Waals surface area contributed by atoms with Gasteiger partial charge in [-0.15, -0.1) is 0 Å². The number of hydrogen-bond donors (Lipinski definition) is 2. The molecule has 0 spiro atoms. The minimum atomic E-state index is -0.582. The number of amides is 1. The number of H-pyrrole nitrogens is 1. The lowest BCUT2D eigenvalue weighted by atomic mass is 10.2. The van der Waals surface area contributed by atoms with Crippen LogP contribution in [0.2, 0.25) is 0 Å². The van der Waals surface area contributed by atoms with Gasteiger partial charge in [0, 0.05) is 17.8 Å². The summed E-state index contributed by atoms with van der Waals surface area (Å²) in [5, 5.41) is 13.2. The molecule has 0 aliphatic heterocycles. The Morgan fingerprint density at radius 1 is 1.37 bits per heavy atom. The number of para-hydroxylation sites is 2. The van der Waals surface area contributed by atoms with Crippen molar-refractivity contribution in [2.24, 2.45) is 0 Å². The Morgan fingerprint density at radius 3 is 2.74 bits per heavy atom. The molecule has 1 heterocycles. The molecule has 96 valence electrons. The molecule has 1 aromatic heterocycles. The molecule has 0 saturated heterocycles. The molecule has 0 unspecified atom stereocenters. The van der Waals surface area contributed by atoms with Crippen LogP contribution in [-0.2, 0) is 0 Å². The number of nitrogens with one attached hydrogen (secondary N) is 2. The van der Waals surface area contributed by atoms with Gasteiger partial charge in [0.15, 0.2) is 6.29 Å². The van der Waals surface area contributed by atoms with Crippen molar-refractivity contribution in [2.45, 2.75) is 0 Å². The van der Waals surface area contributed by atoms with Gasteiger partial charge in [-0.25, -0.2) is 0 Å². The maximum atomic E-state index is 11.8. The number of nitro groups is 1. The number of rotatable bonds is 4. The molecule has 2 N–H and O–H groups in total. The number of anilines is 1. The Labute approximate surface area is 107 Å². The third-order valence-corrected chi connectivity index (χ3v) is 2.43.